The van der Waals surface area contributed by atoms with Gasteiger partial charge in [-0.25, -0.2) is 0 Å². The minimum atomic E-state index is 0.893. The molecule has 0 atom stereocenters. The van der Waals surface area contributed by atoms with Gasteiger partial charge in [-0.2, -0.15) is 0 Å². The summed E-state index contributed by atoms with van der Waals surface area (Å²) in [4.78, 5) is 0. The van der Waals surface area contributed by atoms with Crippen LogP contribution in [-0.2, 0) is 0 Å². The van der Waals surface area contributed by atoms with Gasteiger partial charge in [-0.1, -0.05) is 170 Å². The van der Waals surface area contributed by atoms with Crippen LogP contribution in [0.4, 0.5) is 0 Å². The molecule has 0 radical (unpaired) electrons. The van der Waals surface area contributed by atoms with E-state index in [4.69, 9.17) is 8.83 Å². The van der Waals surface area contributed by atoms with Gasteiger partial charge in [0, 0.05) is 21.5 Å². The van der Waals surface area contributed by atoms with Crippen molar-refractivity contribution in [3.8, 4) is 33.4 Å². The first kappa shape index (κ1) is 33.6. The van der Waals surface area contributed by atoms with Crippen molar-refractivity contribution in [3.05, 3.63) is 206 Å². The molecule has 0 aliphatic heterocycles. The number of fused-ring (bicyclic) bond motifs is 14. The van der Waals surface area contributed by atoms with Crippen molar-refractivity contribution in [2.24, 2.45) is 0 Å². The fourth-order valence-electron chi connectivity index (χ4n) is 10.8. The lowest BCUT2D eigenvalue weighted by Gasteiger charge is -2.22. The van der Waals surface area contributed by atoms with E-state index >= 15 is 0 Å². The predicted octanol–water partition coefficient (Wildman–Crippen LogP) is 17.4. The molecule has 0 aliphatic rings. The molecule has 2 nitrogen and oxygen atoms in total. The molecule has 0 bridgehead atoms. The van der Waals surface area contributed by atoms with E-state index in [1.54, 1.807) is 0 Å². The largest absolute Gasteiger partial charge is 0.456 e. The lowest BCUT2D eigenvalue weighted by atomic mass is 9.81. The number of hydrogen-bond acceptors (Lipinski definition) is 2. The summed E-state index contributed by atoms with van der Waals surface area (Å²) in [5.74, 6) is 0. The summed E-state index contributed by atoms with van der Waals surface area (Å²) < 4.78 is 13.0. The Morgan fingerprint density at radius 1 is 0.210 bits per heavy atom. The van der Waals surface area contributed by atoms with Gasteiger partial charge in [0.25, 0.3) is 0 Å². The van der Waals surface area contributed by atoms with E-state index < -0.39 is 0 Å². The summed E-state index contributed by atoms with van der Waals surface area (Å²) in [5, 5.41) is 19.3. The van der Waals surface area contributed by atoms with Crippen LogP contribution in [0, 0.1) is 0 Å². The van der Waals surface area contributed by atoms with Crippen molar-refractivity contribution in [1.29, 1.82) is 0 Å². The first-order valence-corrected chi connectivity index (χ1v) is 21.3. The Kier molecular flexibility index (Phi) is 6.86. The van der Waals surface area contributed by atoms with Crippen LogP contribution in [-0.4, -0.2) is 0 Å². The Bertz CT molecular complexity index is 4110. The minimum Gasteiger partial charge on any atom is -0.456 e. The number of benzene rings is 12. The fourth-order valence-corrected chi connectivity index (χ4v) is 10.8. The molecule has 0 saturated heterocycles. The van der Waals surface area contributed by atoms with E-state index in [0.29, 0.717) is 0 Å². The maximum Gasteiger partial charge on any atom is 0.136 e. The van der Waals surface area contributed by atoms with Crippen LogP contribution in [0.2, 0.25) is 0 Å². The molecule has 0 unspecified atom stereocenters. The van der Waals surface area contributed by atoms with Gasteiger partial charge in [-0.3, -0.25) is 0 Å². The molecule has 2 heterocycles. The normalized spacial score (nSPS) is 12.2. The molecule has 0 fully saturated rings. The molecule has 0 aliphatic carbocycles. The summed E-state index contributed by atoms with van der Waals surface area (Å²) in [6.45, 7) is 0. The molecule has 2 aromatic heterocycles. The van der Waals surface area contributed by atoms with Crippen LogP contribution >= 0.6 is 0 Å². The van der Waals surface area contributed by atoms with Gasteiger partial charge < -0.3 is 8.83 Å². The quantitative estimate of drug-likeness (QED) is 0.132. The maximum atomic E-state index is 6.73. The number of para-hydroxylation sites is 1. The van der Waals surface area contributed by atoms with Crippen molar-refractivity contribution in [1.82, 2.24) is 0 Å². The van der Waals surface area contributed by atoms with Crippen LogP contribution in [0.5, 0.6) is 0 Å². The third-order valence-corrected chi connectivity index (χ3v) is 13.4. The van der Waals surface area contributed by atoms with Crippen LogP contribution in [0.15, 0.2) is 215 Å². The molecular formula is C60H34O2. The zero-order valence-corrected chi connectivity index (χ0v) is 33.4. The van der Waals surface area contributed by atoms with E-state index in [2.05, 4.69) is 200 Å². The van der Waals surface area contributed by atoms with Gasteiger partial charge in [0.15, 0.2) is 0 Å². The average Bonchev–Trinajstić information content (AvgIpc) is 3.90. The summed E-state index contributed by atoms with van der Waals surface area (Å²) in [6.07, 6.45) is 0. The lowest BCUT2D eigenvalue weighted by molar-refractivity contribution is 0.668. The molecule has 286 valence electrons. The smallest absolute Gasteiger partial charge is 0.136 e. The Hall–Kier alpha value is -8.20. The molecule has 12 aromatic carbocycles. The van der Waals surface area contributed by atoms with Crippen LogP contribution in [0.3, 0.4) is 0 Å². The number of rotatable bonds is 3. The minimum absolute atomic E-state index is 0.893. The molecule has 0 N–H and O–H groups in total. The highest BCUT2D eigenvalue weighted by molar-refractivity contribution is 6.31. The highest BCUT2D eigenvalue weighted by Gasteiger charge is 2.23. The predicted molar refractivity (Wildman–Crippen MR) is 262 cm³/mol. The third kappa shape index (κ3) is 4.64. The van der Waals surface area contributed by atoms with Gasteiger partial charge in [0.2, 0.25) is 0 Å². The number of hydrogen-bond donors (Lipinski definition) is 0. The molecule has 62 heavy (non-hydrogen) atoms. The maximum absolute atomic E-state index is 6.73. The van der Waals surface area contributed by atoms with Gasteiger partial charge in [0.1, 0.15) is 22.3 Å². The highest BCUT2D eigenvalue weighted by Crippen LogP contribution is 2.51. The van der Waals surface area contributed by atoms with E-state index in [9.17, 15) is 0 Å². The monoisotopic (exact) mass is 786 g/mol. The third-order valence-electron chi connectivity index (χ3n) is 13.4. The Morgan fingerprint density at radius 3 is 1.24 bits per heavy atom. The van der Waals surface area contributed by atoms with Gasteiger partial charge >= 0.3 is 0 Å². The molecule has 14 aromatic rings. The Balaban J connectivity index is 1.04. The highest BCUT2D eigenvalue weighted by atomic mass is 16.3. The Labute approximate surface area is 355 Å². The van der Waals surface area contributed by atoms with E-state index in [1.807, 2.05) is 6.07 Å². The SMILES string of the molecule is c1ccc2c(c1)ccc1c2ccc2oc3cc(-c4c5ccccc5c(-c5c6ccccc6c(-c6ccc7oc8ccccc8c7c6)c6ccccc56)c5ccccc45)ccc3c21. The summed E-state index contributed by atoms with van der Waals surface area (Å²) in [7, 11) is 0. The molecule has 0 spiro atoms. The van der Waals surface area contributed by atoms with Crippen LogP contribution in [0.25, 0.3) is 142 Å². The first-order chi connectivity index (χ1) is 30.8. The topological polar surface area (TPSA) is 26.3 Å². The second-order valence-corrected chi connectivity index (χ2v) is 16.6. The van der Waals surface area contributed by atoms with Crippen molar-refractivity contribution >= 4 is 109 Å². The summed E-state index contributed by atoms with van der Waals surface area (Å²) >= 11 is 0. The second kappa shape index (κ2) is 12.7. The molecule has 14 rings (SSSR count). The standard InChI is InChI=1S/C60H34O2/c1-2-14-38-35(13-1)25-28-49-39(38)30-32-54-58(49)50-29-26-37(34-55(50)62-54)57-43-18-5-9-22-47(43)60(48-23-10-6-19-44(48)57)59-45-20-7-3-16-41(45)56(42-17-4-8-21-46(42)59)36-27-31-53-51(33-36)40-15-11-12-24-52(40)61-53/h1-34H. The molecule has 2 heteroatoms. The van der Waals surface area contributed by atoms with Crippen molar-refractivity contribution in [2.45, 2.75) is 0 Å². The summed E-state index contributed by atoms with van der Waals surface area (Å²) in [5.41, 5.74) is 10.9. The first-order valence-electron chi connectivity index (χ1n) is 21.3. The van der Waals surface area contributed by atoms with E-state index in [0.717, 1.165) is 44.1 Å². The second-order valence-electron chi connectivity index (χ2n) is 16.6. The number of furan rings is 2. The average molecular weight is 787 g/mol. The lowest BCUT2D eigenvalue weighted by Crippen LogP contribution is -1.94. The molecule has 0 saturated carbocycles. The molecule has 0 amide bonds. The van der Waals surface area contributed by atoms with E-state index in [1.165, 1.54) is 97.8 Å². The zero-order chi connectivity index (χ0) is 40.5. The van der Waals surface area contributed by atoms with Crippen LogP contribution in [0.1, 0.15) is 0 Å². The van der Waals surface area contributed by atoms with Crippen molar-refractivity contribution < 1.29 is 8.83 Å². The summed E-state index contributed by atoms with van der Waals surface area (Å²) in [6, 6.07) is 75.2. The fraction of sp³-hybridized carbons (Fsp3) is 0. The van der Waals surface area contributed by atoms with Crippen LogP contribution < -0.4 is 0 Å². The van der Waals surface area contributed by atoms with Crippen molar-refractivity contribution in [3.63, 3.8) is 0 Å². The zero-order valence-electron chi connectivity index (χ0n) is 33.4. The van der Waals surface area contributed by atoms with Gasteiger partial charge in [-0.15, -0.1) is 0 Å². The van der Waals surface area contributed by atoms with E-state index in [-0.39, 0.29) is 0 Å². The van der Waals surface area contributed by atoms with Gasteiger partial charge in [0.05, 0.1) is 0 Å². The Morgan fingerprint density at radius 2 is 0.629 bits per heavy atom. The molecular weight excluding hydrogens is 753 g/mol. The van der Waals surface area contributed by atoms with Crippen molar-refractivity contribution in [2.75, 3.05) is 0 Å². The van der Waals surface area contributed by atoms with Gasteiger partial charge in [-0.05, 0) is 134 Å².